The van der Waals surface area contributed by atoms with Crippen LogP contribution in [0.1, 0.15) is 46.5 Å². The van der Waals surface area contributed by atoms with Crippen molar-refractivity contribution in [2.24, 2.45) is 16.7 Å². The summed E-state index contributed by atoms with van der Waals surface area (Å²) >= 11 is 0. The van der Waals surface area contributed by atoms with Gasteiger partial charge in [-0.05, 0) is 36.0 Å². The van der Waals surface area contributed by atoms with E-state index in [0.29, 0.717) is 30.1 Å². The SMILES string of the molecule is C=CC(=O)OCCCOC1CC2CCC1(C)C2(C)C. The van der Waals surface area contributed by atoms with Gasteiger partial charge in [0.05, 0.1) is 19.3 Å². The molecule has 2 rings (SSSR count). The van der Waals surface area contributed by atoms with E-state index in [9.17, 15) is 4.79 Å². The number of fused-ring (bicyclic) bond motifs is 2. The molecule has 0 radical (unpaired) electrons. The number of hydrogen-bond acceptors (Lipinski definition) is 3. The summed E-state index contributed by atoms with van der Waals surface area (Å²) in [6, 6.07) is 0. The second-order valence-electron chi connectivity index (χ2n) is 6.70. The van der Waals surface area contributed by atoms with E-state index >= 15 is 0 Å². The second-order valence-corrected chi connectivity index (χ2v) is 6.70. The molecule has 2 saturated carbocycles. The molecule has 3 nitrogen and oxygen atoms in total. The molecular formula is C16H26O3. The van der Waals surface area contributed by atoms with E-state index < -0.39 is 0 Å². The van der Waals surface area contributed by atoms with Crippen LogP contribution in [0, 0.1) is 16.7 Å². The molecule has 0 aromatic carbocycles. The van der Waals surface area contributed by atoms with Gasteiger partial charge in [-0.25, -0.2) is 4.79 Å². The third-order valence-electron chi connectivity index (χ3n) is 5.73. The van der Waals surface area contributed by atoms with Gasteiger partial charge in [-0.2, -0.15) is 0 Å². The van der Waals surface area contributed by atoms with Crippen LogP contribution >= 0.6 is 0 Å². The van der Waals surface area contributed by atoms with Crippen molar-refractivity contribution in [3.05, 3.63) is 12.7 Å². The molecule has 3 heteroatoms. The van der Waals surface area contributed by atoms with Crippen molar-refractivity contribution in [1.29, 1.82) is 0 Å². The van der Waals surface area contributed by atoms with Crippen molar-refractivity contribution in [3.63, 3.8) is 0 Å². The van der Waals surface area contributed by atoms with Gasteiger partial charge in [0, 0.05) is 12.5 Å². The van der Waals surface area contributed by atoms with Crippen LogP contribution in [0.5, 0.6) is 0 Å². The summed E-state index contributed by atoms with van der Waals surface area (Å²) in [5.41, 5.74) is 0.711. The molecular weight excluding hydrogens is 240 g/mol. The smallest absolute Gasteiger partial charge is 0.330 e. The molecule has 2 aliphatic rings. The summed E-state index contributed by atoms with van der Waals surface area (Å²) < 4.78 is 11.0. The summed E-state index contributed by atoms with van der Waals surface area (Å²) in [5.74, 6) is 0.453. The first-order valence-electron chi connectivity index (χ1n) is 7.32. The summed E-state index contributed by atoms with van der Waals surface area (Å²) in [5, 5.41) is 0. The highest BCUT2D eigenvalue weighted by atomic mass is 16.5. The van der Waals surface area contributed by atoms with Crippen LogP contribution in [0.4, 0.5) is 0 Å². The fourth-order valence-corrected chi connectivity index (χ4v) is 3.90. The first kappa shape index (κ1) is 14.6. The molecule has 0 spiro atoms. The van der Waals surface area contributed by atoms with Crippen LogP contribution in [0.2, 0.25) is 0 Å². The van der Waals surface area contributed by atoms with Crippen LogP contribution in [-0.2, 0) is 14.3 Å². The molecule has 0 aromatic rings. The van der Waals surface area contributed by atoms with Crippen LogP contribution in [-0.4, -0.2) is 25.3 Å². The van der Waals surface area contributed by atoms with Gasteiger partial charge in [0.2, 0.25) is 0 Å². The number of carbonyl (C=O) groups is 1. The van der Waals surface area contributed by atoms with Gasteiger partial charge < -0.3 is 9.47 Å². The first-order valence-corrected chi connectivity index (χ1v) is 7.32. The topological polar surface area (TPSA) is 35.5 Å². The summed E-state index contributed by atoms with van der Waals surface area (Å²) in [7, 11) is 0. The highest BCUT2D eigenvalue weighted by molar-refractivity contribution is 5.81. The molecule has 0 N–H and O–H groups in total. The minimum atomic E-state index is -0.354. The highest BCUT2D eigenvalue weighted by Crippen LogP contribution is 2.66. The number of carbonyl (C=O) groups excluding carboxylic acids is 1. The Morgan fingerprint density at radius 2 is 2.11 bits per heavy atom. The van der Waals surface area contributed by atoms with E-state index in [-0.39, 0.29) is 5.97 Å². The lowest BCUT2D eigenvalue weighted by Crippen LogP contribution is -2.37. The Balaban J connectivity index is 1.74. The molecule has 19 heavy (non-hydrogen) atoms. The zero-order valence-corrected chi connectivity index (χ0v) is 12.4. The number of hydrogen-bond donors (Lipinski definition) is 0. The normalized spacial score (nSPS) is 35.3. The Bertz CT molecular complexity index is 361. The standard InChI is InChI=1S/C16H26O3/c1-5-14(17)19-10-6-9-18-13-11-12-7-8-16(13,4)15(12,2)3/h5,12-13H,1,6-11H2,2-4H3. The minimum Gasteiger partial charge on any atom is -0.462 e. The molecule has 0 aromatic heterocycles. The van der Waals surface area contributed by atoms with Gasteiger partial charge in [0.1, 0.15) is 0 Å². The van der Waals surface area contributed by atoms with E-state index in [2.05, 4.69) is 27.4 Å². The fraction of sp³-hybridized carbons (Fsp3) is 0.812. The van der Waals surface area contributed by atoms with Crippen molar-refractivity contribution >= 4 is 5.97 Å². The monoisotopic (exact) mass is 266 g/mol. The van der Waals surface area contributed by atoms with Crippen molar-refractivity contribution in [1.82, 2.24) is 0 Å². The van der Waals surface area contributed by atoms with Gasteiger partial charge in [-0.1, -0.05) is 27.4 Å². The fourth-order valence-electron chi connectivity index (χ4n) is 3.90. The van der Waals surface area contributed by atoms with Crippen molar-refractivity contribution in [3.8, 4) is 0 Å². The Labute approximate surface area is 116 Å². The van der Waals surface area contributed by atoms with Gasteiger partial charge in [0.25, 0.3) is 0 Å². The number of rotatable bonds is 6. The predicted octanol–water partition coefficient (Wildman–Crippen LogP) is 3.34. The van der Waals surface area contributed by atoms with Gasteiger partial charge in [0.15, 0.2) is 0 Å². The van der Waals surface area contributed by atoms with Gasteiger partial charge in [-0.3, -0.25) is 0 Å². The molecule has 2 fully saturated rings. The van der Waals surface area contributed by atoms with Crippen LogP contribution in [0.25, 0.3) is 0 Å². The molecule has 2 bridgehead atoms. The molecule has 0 amide bonds. The molecule has 2 aliphatic carbocycles. The zero-order chi connectivity index (χ0) is 14.1. The third-order valence-corrected chi connectivity index (χ3v) is 5.73. The van der Waals surface area contributed by atoms with Gasteiger partial charge in [-0.15, -0.1) is 0 Å². The van der Waals surface area contributed by atoms with E-state index in [1.165, 1.54) is 25.3 Å². The molecule has 3 unspecified atom stereocenters. The Morgan fingerprint density at radius 1 is 1.37 bits per heavy atom. The average Bonchev–Trinajstić information content (AvgIpc) is 2.71. The largest absolute Gasteiger partial charge is 0.462 e. The zero-order valence-electron chi connectivity index (χ0n) is 12.4. The van der Waals surface area contributed by atoms with Crippen molar-refractivity contribution in [2.45, 2.75) is 52.6 Å². The maximum absolute atomic E-state index is 10.9. The second kappa shape index (κ2) is 5.28. The Morgan fingerprint density at radius 3 is 2.63 bits per heavy atom. The third kappa shape index (κ3) is 2.45. The van der Waals surface area contributed by atoms with Crippen LogP contribution in [0.15, 0.2) is 12.7 Å². The Kier molecular flexibility index (Phi) is 4.05. The summed E-state index contributed by atoms with van der Waals surface area (Å²) in [4.78, 5) is 10.9. The van der Waals surface area contributed by atoms with Crippen LogP contribution in [0.3, 0.4) is 0 Å². The maximum atomic E-state index is 10.9. The molecule has 0 heterocycles. The van der Waals surface area contributed by atoms with E-state index in [1.54, 1.807) is 0 Å². The number of ether oxygens (including phenoxy) is 2. The molecule has 108 valence electrons. The molecule has 0 aliphatic heterocycles. The van der Waals surface area contributed by atoms with E-state index in [0.717, 1.165) is 12.3 Å². The summed E-state index contributed by atoms with van der Waals surface area (Å²) in [6.07, 6.45) is 6.14. The Hall–Kier alpha value is -0.830. The molecule has 3 atom stereocenters. The summed E-state index contributed by atoms with van der Waals surface area (Å²) in [6.45, 7) is 11.6. The van der Waals surface area contributed by atoms with Crippen molar-refractivity contribution < 1.29 is 14.3 Å². The van der Waals surface area contributed by atoms with Gasteiger partial charge >= 0.3 is 5.97 Å². The maximum Gasteiger partial charge on any atom is 0.330 e. The first-order chi connectivity index (χ1) is 8.91. The lowest BCUT2D eigenvalue weighted by molar-refractivity contribution is -0.138. The van der Waals surface area contributed by atoms with Crippen molar-refractivity contribution in [2.75, 3.05) is 13.2 Å². The molecule has 0 saturated heterocycles. The minimum absolute atomic E-state index is 0.315. The predicted molar refractivity (Wildman–Crippen MR) is 74.7 cm³/mol. The van der Waals surface area contributed by atoms with Crippen LogP contribution < -0.4 is 0 Å². The average molecular weight is 266 g/mol. The van der Waals surface area contributed by atoms with E-state index in [1.807, 2.05) is 0 Å². The quantitative estimate of drug-likeness (QED) is 0.420. The lowest BCUT2D eigenvalue weighted by Gasteiger charge is -2.38. The number of esters is 1. The van der Waals surface area contributed by atoms with E-state index in [4.69, 9.17) is 9.47 Å². The highest BCUT2D eigenvalue weighted by Gasteiger charge is 2.61. The lowest BCUT2D eigenvalue weighted by atomic mass is 9.70.